The molecule has 0 radical (unpaired) electrons. The Balaban J connectivity index is 2.27. The molecular weight excluding hydrogens is 292 g/mol. The van der Waals surface area contributed by atoms with Crippen molar-refractivity contribution in [2.75, 3.05) is 11.6 Å². The zero-order valence-corrected chi connectivity index (χ0v) is 11.0. The third-order valence-electron chi connectivity index (χ3n) is 2.76. The summed E-state index contributed by atoms with van der Waals surface area (Å²) in [5.41, 5.74) is -0.0680. The minimum Gasteiger partial charge on any atom is -0.480 e. The summed E-state index contributed by atoms with van der Waals surface area (Å²) in [5.74, 6) is -1.51. The first-order valence-electron chi connectivity index (χ1n) is 5.66. The maximum atomic E-state index is 12.3. The zero-order chi connectivity index (χ0) is 14.7. The van der Waals surface area contributed by atoms with Crippen molar-refractivity contribution in [1.82, 2.24) is 4.90 Å². The molecular formula is C12H11F2NO4S. The topological polar surface area (TPSA) is 66.8 Å². The van der Waals surface area contributed by atoms with E-state index in [1.807, 2.05) is 0 Å². The number of alkyl halides is 2. The maximum absolute atomic E-state index is 12.3. The molecule has 1 aromatic rings. The Hall–Kier alpha value is -1.83. The van der Waals surface area contributed by atoms with E-state index in [0.29, 0.717) is 0 Å². The molecule has 0 aliphatic carbocycles. The van der Waals surface area contributed by atoms with Crippen LogP contribution in [-0.4, -0.2) is 46.2 Å². The van der Waals surface area contributed by atoms with Gasteiger partial charge in [0, 0.05) is 5.75 Å². The summed E-state index contributed by atoms with van der Waals surface area (Å²) in [5, 5.41) is 9.04. The van der Waals surface area contributed by atoms with E-state index in [1.165, 1.54) is 36.0 Å². The summed E-state index contributed by atoms with van der Waals surface area (Å²) in [6.07, 6.45) is 0. The summed E-state index contributed by atoms with van der Waals surface area (Å²) in [6.45, 7) is -3.05. The number of amides is 1. The van der Waals surface area contributed by atoms with Crippen LogP contribution in [0, 0.1) is 0 Å². The first-order valence-corrected chi connectivity index (χ1v) is 6.81. The fraction of sp³-hybridized carbons (Fsp3) is 0.333. The van der Waals surface area contributed by atoms with Crippen molar-refractivity contribution in [3.05, 3.63) is 29.8 Å². The van der Waals surface area contributed by atoms with Gasteiger partial charge in [-0.05, 0) is 12.1 Å². The van der Waals surface area contributed by atoms with Gasteiger partial charge in [0.25, 0.3) is 5.91 Å². The number of carboxylic acid groups (broad SMARTS) is 1. The van der Waals surface area contributed by atoms with E-state index in [9.17, 15) is 18.4 Å². The Labute approximate surface area is 117 Å². The molecule has 2 rings (SSSR count). The van der Waals surface area contributed by atoms with Crippen LogP contribution in [0.15, 0.2) is 24.3 Å². The highest BCUT2D eigenvalue weighted by Gasteiger charge is 2.36. The molecule has 1 aliphatic heterocycles. The van der Waals surface area contributed by atoms with Gasteiger partial charge in [-0.25, -0.2) is 4.79 Å². The Kier molecular flexibility index (Phi) is 4.43. The van der Waals surface area contributed by atoms with E-state index in [1.54, 1.807) is 0 Å². The Bertz CT molecular complexity index is 526. The van der Waals surface area contributed by atoms with Crippen molar-refractivity contribution in [3.8, 4) is 5.75 Å². The van der Waals surface area contributed by atoms with Crippen LogP contribution in [0.2, 0.25) is 0 Å². The van der Waals surface area contributed by atoms with Gasteiger partial charge < -0.3 is 14.7 Å². The highest BCUT2D eigenvalue weighted by Crippen LogP contribution is 2.27. The summed E-state index contributed by atoms with van der Waals surface area (Å²) >= 11 is 1.30. The molecule has 5 nitrogen and oxygen atoms in total. The summed E-state index contributed by atoms with van der Waals surface area (Å²) in [6, 6.07) is 4.60. The lowest BCUT2D eigenvalue weighted by atomic mass is 10.1. The molecule has 0 unspecified atom stereocenters. The van der Waals surface area contributed by atoms with E-state index in [2.05, 4.69) is 4.74 Å². The number of halogens is 2. The van der Waals surface area contributed by atoms with Crippen molar-refractivity contribution >= 4 is 23.6 Å². The quantitative estimate of drug-likeness (QED) is 0.920. The van der Waals surface area contributed by atoms with Crippen LogP contribution in [0.4, 0.5) is 8.78 Å². The van der Waals surface area contributed by atoms with Crippen LogP contribution in [0.1, 0.15) is 10.4 Å². The second-order valence-electron chi connectivity index (χ2n) is 4.00. The van der Waals surface area contributed by atoms with Crippen molar-refractivity contribution < 1.29 is 28.2 Å². The SMILES string of the molecule is O=C(O)[C@@H]1CSCN1C(=O)c1ccccc1OC(F)F. The number of rotatable bonds is 4. The van der Waals surface area contributed by atoms with Gasteiger partial charge in [0.15, 0.2) is 0 Å². The molecule has 1 heterocycles. The van der Waals surface area contributed by atoms with Gasteiger partial charge in [0.1, 0.15) is 11.8 Å². The summed E-state index contributed by atoms with van der Waals surface area (Å²) in [7, 11) is 0. The summed E-state index contributed by atoms with van der Waals surface area (Å²) < 4.78 is 28.9. The highest BCUT2D eigenvalue weighted by atomic mass is 32.2. The maximum Gasteiger partial charge on any atom is 0.387 e. The van der Waals surface area contributed by atoms with E-state index >= 15 is 0 Å². The second kappa shape index (κ2) is 6.08. The standard InChI is InChI=1S/C12H11F2NO4S/c13-12(14)19-9-4-2-1-3-7(9)10(16)15-6-20-5-8(15)11(17)18/h1-4,8,12H,5-6H2,(H,17,18)/t8-/m0/s1. The third kappa shape index (κ3) is 3.01. The van der Waals surface area contributed by atoms with Gasteiger partial charge in [-0.1, -0.05) is 12.1 Å². The average molecular weight is 303 g/mol. The van der Waals surface area contributed by atoms with Crippen LogP contribution in [0.5, 0.6) is 5.75 Å². The summed E-state index contributed by atoms with van der Waals surface area (Å²) in [4.78, 5) is 24.5. The van der Waals surface area contributed by atoms with E-state index in [-0.39, 0.29) is 22.9 Å². The van der Waals surface area contributed by atoms with E-state index in [4.69, 9.17) is 5.11 Å². The number of carbonyl (C=O) groups excluding carboxylic acids is 1. The van der Waals surface area contributed by atoms with Gasteiger partial charge in [0.05, 0.1) is 11.4 Å². The Morgan fingerprint density at radius 2 is 2.10 bits per heavy atom. The molecule has 108 valence electrons. The fourth-order valence-corrected chi connectivity index (χ4v) is 2.99. The molecule has 1 atom stereocenters. The van der Waals surface area contributed by atoms with Crippen molar-refractivity contribution in [2.45, 2.75) is 12.7 Å². The monoisotopic (exact) mass is 303 g/mol. The van der Waals surface area contributed by atoms with Crippen LogP contribution in [-0.2, 0) is 4.79 Å². The number of para-hydroxylation sites is 1. The van der Waals surface area contributed by atoms with E-state index in [0.717, 1.165) is 4.90 Å². The molecule has 1 amide bonds. The molecule has 1 N–H and O–H groups in total. The first-order chi connectivity index (χ1) is 9.50. The molecule has 8 heteroatoms. The molecule has 0 saturated carbocycles. The first kappa shape index (κ1) is 14.6. The molecule has 0 bridgehead atoms. The van der Waals surface area contributed by atoms with Gasteiger partial charge in [-0.3, -0.25) is 4.79 Å². The van der Waals surface area contributed by atoms with Gasteiger partial charge in [0.2, 0.25) is 0 Å². The lowest BCUT2D eigenvalue weighted by Crippen LogP contribution is -2.41. The molecule has 0 aromatic heterocycles. The van der Waals surface area contributed by atoms with Crippen molar-refractivity contribution in [2.24, 2.45) is 0 Å². The second-order valence-corrected chi connectivity index (χ2v) is 5.00. The number of benzene rings is 1. The lowest BCUT2D eigenvalue weighted by molar-refractivity contribution is -0.140. The van der Waals surface area contributed by atoms with Crippen LogP contribution >= 0.6 is 11.8 Å². The molecule has 1 fully saturated rings. The minimum absolute atomic E-state index is 0.0680. The normalized spacial score (nSPS) is 18.4. The smallest absolute Gasteiger partial charge is 0.387 e. The predicted octanol–water partition coefficient (Wildman–Crippen LogP) is 1.89. The van der Waals surface area contributed by atoms with Gasteiger partial charge in [-0.2, -0.15) is 8.78 Å². The number of nitrogens with zero attached hydrogens (tertiary/aromatic N) is 1. The number of ether oxygens (including phenoxy) is 1. The molecule has 0 spiro atoms. The van der Waals surface area contributed by atoms with E-state index < -0.39 is 24.5 Å². The molecule has 20 heavy (non-hydrogen) atoms. The highest BCUT2D eigenvalue weighted by molar-refractivity contribution is 7.99. The fourth-order valence-electron chi connectivity index (χ4n) is 1.84. The lowest BCUT2D eigenvalue weighted by Gasteiger charge is -2.21. The number of hydrogen-bond donors (Lipinski definition) is 1. The van der Waals surface area contributed by atoms with Gasteiger partial charge >= 0.3 is 12.6 Å². The van der Waals surface area contributed by atoms with Gasteiger partial charge in [-0.15, -0.1) is 11.8 Å². The number of carboxylic acids is 1. The average Bonchev–Trinajstić information content (AvgIpc) is 2.87. The van der Waals surface area contributed by atoms with Crippen LogP contribution in [0.3, 0.4) is 0 Å². The number of carbonyl (C=O) groups is 2. The van der Waals surface area contributed by atoms with Crippen molar-refractivity contribution in [1.29, 1.82) is 0 Å². The van der Waals surface area contributed by atoms with Crippen LogP contribution < -0.4 is 4.74 Å². The Morgan fingerprint density at radius 3 is 2.75 bits per heavy atom. The molecule has 1 saturated heterocycles. The zero-order valence-electron chi connectivity index (χ0n) is 10.2. The number of aliphatic carboxylic acids is 1. The molecule has 1 aromatic carbocycles. The third-order valence-corrected chi connectivity index (χ3v) is 3.77. The molecule has 1 aliphatic rings. The number of thioether (sulfide) groups is 1. The number of hydrogen-bond acceptors (Lipinski definition) is 4. The minimum atomic E-state index is -3.05. The Morgan fingerprint density at radius 1 is 1.40 bits per heavy atom. The van der Waals surface area contributed by atoms with Crippen LogP contribution in [0.25, 0.3) is 0 Å². The largest absolute Gasteiger partial charge is 0.480 e. The van der Waals surface area contributed by atoms with Crippen molar-refractivity contribution in [3.63, 3.8) is 0 Å². The predicted molar refractivity (Wildman–Crippen MR) is 68.0 cm³/mol.